The number of fused-ring (bicyclic) bond motifs is 1. The average Bonchev–Trinajstić information content (AvgIpc) is 2.91. The Hall–Kier alpha value is -1.07. The van der Waals surface area contributed by atoms with Crippen LogP contribution in [0, 0.1) is 0 Å². The zero-order chi connectivity index (χ0) is 14.8. The summed E-state index contributed by atoms with van der Waals surface area (Å²) in [5.74, 6) is 0.901. The van der Waals surface area contributed by atoms with E-state index in [0.29, 0.717) is 0 Å². The first kappa shape index (κ1) is 14.9. The maximum Gasteiger partial charge on any atom is 0.134 e. The van der Waals surface area contributed by atoms with Gasteiger partial charge >= 0.3 is 0 Å². The lowest BCUT2D eigenvalue weighted by molar-refractivity contribution is -0.0474. The molecule has 1 fully saturated rings. The summed E-state index contributed by atoms with van der Waals surface area (Å²) in [5, 5.41) is 5.08. The number of morpholine rings is 1. The standard InChI is InChI=1S/C16H21ClN2O2/c1-3-19-6-7-20-15(10-19)16(18-2)14-9-11-8-12(17)4-5-13(11)21-14/h4-5,8-9,15-16,18H,3,6-7,10H2,1-2H3. The third-order valence-corrected chi connectivity index (χ3v) is 4.35. The topological polar surface area (TPSA) is 37.6 Å². The molecule has 1 aliphatic heterocycles. The number of hydrogen-bond donors (Lipinski definition) is 1. The van der Waals surface area contributed by atoms with Gasteiger partial charge in [-0.05, 0) is 37.9 Å². The van der Waals surface area contributed by atoms with E-state index in [1.54, 1.807) is 0 Å². The van der Waals surface area contributed by atoms with E-state index in [4.69, 9.17) is 20.8 Å². The number of rotatable bonds is 4. The van der Waals surface area contributed by atoms with Crippen LogP contribution >= 0.6 is 11.6 Å². The Morgan fingerprint density at radius 2 is 2.29 bits per heavy atom. The van der Waals surface area contributed by atoms with E-state index in [-0.39, 0.29) is 12.1 Å². The number of hydrogen-bond acceptors (Lipinski definition) is 4. The number of ether oxygens (including phenoxy) is 1. The highest BCUT2D eigenvalue weighted by atomic mass is 35.5. The molecule has 2 atom stereocenters. The van der Waals surface area contributed by atoms with Gasteiger partial charge < -0.3 is 14.5 Å². The van der Waals surface area contributed by atoms with Crippen LogP contribution < -0.4 is 5.32 Å². The highest BCUT2D eigenvalue weighted by molar-refractivity contribution is 6.31. The first-order chi connectivity index (χ1) is 10.2. The normalized spacial score (nSPS) is 21.8. The lowest BCUT2D eigenvalue weighted by Crippen LogP contribution is -2.47. The molecular formula is C16H21ClN2O2. The number of benzene rings is 1. The molecular weight excluding hydrogens is 288 g/mol. The summed E-state index contributed by atoms with van der Waals surface area (Å²) in [7, 11) is 1.94. The molecule has 2 unspecified atom stereocenters. The van der Waals surface area contributed by atoms with Crippen LogP contribution in [0.1, 0.15) is 18.7 Å². The van der Waals surface area contributed by atoms with Crippen LogP contribution in [0.3, 0.4) is 0 Å². The summed E-state index contributed by atoms with van der Waals surface area (Å²) in [5.41, 5.74) is 0.859. The lowest BCUT2D eigenvalue weighted by atomic mass is 10.1. The number of nitrogens with one attached hydrogen (secondary N) is 1. The molecule has 5 heteroatoms. The highest BCUT2D eigenvalue weighted by Crippen LogP contribution is 2.29. The first-order valence-corrected chi connectivity index (χ1v) is 7.79. The number of furan rings is 1. The quantitative estimate of drug-likeness (QED) is 0.942. The van der Waals surface area contributed by atoms with Crippen LogP contribution in [-0.2, 0) is 4.74 Å². The molecule has 1 aromatic carbocycles. The molecule has 0 bridgehead atoms. The molecule has 2 heterocycles. The largest absolute Gasteiger partial charge is 0.459 e. The fraction of sp³-hybridized carbons (Fsp3) is 0.500. The minimum Gasteiger partial charge on any atom is -0.459 e. The summed E-state index contributed by atoms with van der Waals surface area (Å²) in [6, 6.07) is 7.79. The van der Waals surface area contributed by atoms with Crippen molar-refractivity contribution in [2.24, 2.45) is 0 Å². The fourth-order valence-corrected chi connectivity index (χ4v) is 3.10. The minimum atomic E-state index is 0.0468. The number of halogens is 1. The zero-order valence-electron chi connectivity index (χ0n) is 12.4. The van der Waals surface area contributed by atoms with Gasteiger partial charge in [0.05, 0.1) is 18.8 Å². The van der Waals surface area contributed by atoms with Crippen LogP contribution in [-0.4, -0.2) is 44.3 Å². The molecule has 114 valence electrons. The second kappa shape index (κ2) is 6.36. The van der Waals surface area contributed by atoms with Crippen molar-refractivity contribution >= 4 is 22.6 Å². The third kappa shape index (κ3) is 3.09. The smallest absolute Gasteiger partial charge is 0.134 e. The average molecular weight is 309 g/mol. The van der Waals surface area contributed by atoms with E-state index in [0.717, 1.165) is 48.0 Å². The van der Waals surface area contributed by atoms with E-state index in [2.05, 4.69) is 23.2 Å². The SMILES string of the molecule is CCN1CCOC(C(NC)c2cc3cc(Cl)ccc3o2)C1. The maximum atomic E-state index is 6.04. The van der Waals surface area contributed by atoms with Crippen LogP contribution in [0.4, 0.5) is 0 Å². The molecule has 1 N–H and O–H groups in total. The molecule has 1 aromatic heterocycles. The van der Waals surface area contributed by atoms with Gasteiger partial charge in [-0.1, -0.05) is 18.5 Å². The summed E-state index contributed by atoms with van der Waals surface area (Å²) < 4.78 is 11.9. The van der Waals surface area contributed by atoms with Crippen LogP contribution in [0.5, 0.6) is 0 Å². The van der Waals surface area contributed by atoms with E-state index in [1.165, 1.54) is 0 Å². The molecule has 1 saturated heterocycles. The number of nitrogens with zero attached hydrogens (tertiary/aromatic N) is 1. The Bertz CT molecular complexity index is 613. The van der Waals surface area contributed by atoms with Gasteiger partial charge in [0, 0.05) is 23.5 Å². The van der Waals surface area contributed by atoms with E-state index < -0.39 is 0 Å². The zero-order valence-corrected chi connectivity index (χ0v) is 13.2. The minimum absolute atomic E-state index is 0.0468. The predicted molar refractivity (Wildman–Crippen MR) is 84.9 cm³/mol. The van der Waals surface area contributed by atoms with Gasteiger partial charge in [0.15, 0.2) is 0 Å². The number of likely N-dealkylation sites (N-methyl/N-ethyl adjacent to an activating group) is 2. The predicted octanol–water partition coefficient (Wildman–Crippen LogP) is 3.07. The van der Waals surface area contributed by atoms with Crippen LogP contribution in [0.2, 0.25) is 5.02 Å². The van der Waals surface area contributed by atoms with Gasteiger partial charge in [-0.2, -0.15) is 0 Å². The van der Waals surface area contributed by atoms with E-state index >= 15 is 0 Å². The Morgan fingerprint density at radius 3 is 3.05 bits per heavy atom. The molecule has 4 nitrogen and oxygen atoms in total. The molecule has 3 rings (SSSR count). The molecule has 0 aliphatic carbocycles. The fourth-order valence-electron chi connectivity index (χ4n) is 2.92. The van der Waals surface area contributed by atoms with Gasteiger partial charge in [0.25, 0.3) is 0 Å². The second-order valence-electron chi connectivity index (χ2n) is 5.40. The first-order valence-electron chi connectivity index (χ1n) is 7.41. The van der Waals surface area contributed by atoms with Crippen molar-refractivity contribution in [1.82, 2.24) is 10.2 Å². The molecule has 21 heavy (non-hydrogen) atoms. The Morgan fingerprint density at radius 1 is 1.43 bits per heavy atom. The maximum absolute atomic E-state index is 6.04. The molecule has 0 radical (unpaired) electrons. The highest BCUT2D eigenvalue weighted by Gasteiger charge is 2.30. The molecule has 0 spiro atoms. The molecule has 0 saturated carbocycles. The van der Waals surface area contributed by atoms with Crippen molar-refractivity contribution in [3.05, 3.63) is 35.0 Å². The summed E-state index contributed by atoms with van der Waals surface area (Å²) in [6.45, 7) is 5.91. The van der Waals surface area contributed by atoms with Crippen molar-refractivity contribution in [3.8, 4) is 0 Å². The monoisotopic (exact) mass is 308 g/mol. The molecule has 0 amide bonds. The van der Waals surface area contributed by atoms with Gasteiger partial charge in [0.1, 0.15) is 11.3 Å². The van der Waals surface area contributed by atoms with Crippen molar-refractivity contribution in [2.45, 2.75) is 19.1 Å². The Balaban J connectivity index is 1.87. The van der Waals surface area contributed by atoms with Crippen molar-refractivity contribution in [1.29, 1.82) is 0 Å². The second-order valence-corrected chi connectivity index (χ2v) is 5.84. The van der Waals surface area contributed by atoms with Gasteiger partial charge in [-0.15, -0.1) is 0 Å². The van der Waals surface area contributed by atoms with Crippen LogP contribution in [0.15, 0.2) is 28.7 Å². The van der Waals surface area contributed by atoms with E-state index in [1.807, 2.05) is 25.2 Å². The summed E-state index contributed by atoms with van der Waals surface area (Å²) in [6.07, 6.45) is 0.0970. The van der Waals surface area contributed by atoms with Crippen molar-refractivity contribution in [3.63, 3.8) is 0 Å². The van der Waals surface area contributed by atoms with Crippen molar-refractivity contribution < 1.29 is 9.15 Å². The van der Waals surface area contributed by atoms with Crippen LogP contribution in [0.25, 0.3) is 11.0 Å². The lowest BCUT2D eigenvalue weighted by Gasteiger charge is -2.35. The molecule has 1 aliphatic rings. The third-order valence-electron chi connectivity index (χ3n) is 4.11. The van der Waals surface area contributed by atoms with E-state index in [9.17, 15) is 0 Å². The summed E-state index contributed by atoms with van der Waals surface area (Å²) >= 11 is 6.04. The van der Waals surface area contributed by atoms with Crippen molar-refractivity contribution in [2.75, 3.05) is 33.3 Å². The molecule has 2 aromatic rings. The van der Waals surface area contributed by atoms with Gasteiger partial charge in [0.2, 0.25) is 0 Å². The Labute approximate surface area is 130 Å². The Kier molecular flexibility index (Phi) is 4.50. The van der Waals surface area contributed by atoms with Gasteiger partial charge in [-0.3, -0.25) is 4.90 Å². The van der Waals surface area contributed by atoms with Gasteiger partial charge in [-0.25, -0.2) is 0 Å². The summed E-state index contributed by atoms with van der Waals surface area (Å²) in [4.78, 5) is 2.40.